The minimum absolute atomic E-state index is 0.337. The van der Waals surface area contributed by atoms with Crippen molar-refractivity contribution in [1.29, 1.82) is 0 Å². The summed E-state index contributed by atoms with van der Waals surface area (Å²) in [6, 6.07) is 8.49. The van der Waals surface area contributed by atoms with Crippen molar-refractivity contribution >= 4 is 17.6 Å². The quantitative estimate of drug-likeness (QED) is 0.630. The minimum Gasteiger partial charge on any atom is -0.462 e. The van der Waals surface area contributed by atoms with Gasteiger partial charge >= 0.3 is 5.97 Å². The predicted octanol–water partition coefficient (Wildman–Crippen LogP) is 2.97. The van der Waals surface area contributed by atoms with Crippen LogP contribution in [-0.2, 0) is 4.74 Å². The molecule has 2 rings (SSSR count). The van der Waals surface area contributed by atoms with Crippen LogP contribution in [0.25, 0.3) is 11.4 Å². The zero-order chi connectivity index (χ0) is 13.0. The minimum atomic E-state index is -0.337. The number of aromatic nitrogens is 2. The van der Waals surface area contributed by atoms with Crippen molar-refractivity contribution in [3.8, 4) is 11.4 Å². The van der Waals surface area contributed by atoms with E-state index in [9.17, 15) is 4.79 Å². The van der Waals surface area contributed by atoms with E-state index in [1.807, 2.05) is 0 Å². The first-order valence-electron chi connectivity index (χ1n) is 5.47. The van der Waals surface area contributed by atoms with Gasteiger partial charge in [0, 0.05) is 11.8 Å². The summed E-state index contributed by atoms with van der Waals surface area (Å²) in [5.74, 6) is 0.189. The lowest BCUT2D eigenvalue weighted by Crippen LogP contribution is -2.04. The Morgan fingerprint density at radius 3 is 2.61 bits per heavy atom. The molecule has 4 nitrogen and oxygen atoms in total. The molecule has 0 amide bonds. The highest BCUT2D eigenvalue weighted by molar-refractivity contribution is 6.29. The molecule has 1 heterocycles. The first kappa shape index (κ1) is 12.5. The van der Waals surface area contributed by atoms with Crippen molar-refractivity contribution in [3.63, 3.8) is 0 Å². The summed E-state index contributed by atoms with van der Waals surface area (Å²) in [4.78, 5) is 19.7. The molecule has 0 saturated heterocycles. The van der Waals surface area contributed by atoms with Crippen LogP contribution in [-0.4, -0.2) is 22.5 Å². The molecule has 0 unspecified atom stereocenters. The highest BCUT2D eigenvalue weighted by Gasteiger charge is 2.07. The zero-order valence-electron chi connectivity index (χ0n) is 9.76. The van der Waals surface area contributed by atoms with Gasteiger partial charge in [-0.1, -0.05) is 23.7 Å². The van der Waals surface area contributed by atoms with Crippen molar-refractivity contribution in [2.75, 3.05) is 6.61 Å². The Kier molecular flexibility index (Phi) is 3.89. The number of nitrogens with zero attached hydrogens (tertiary/aromatic N) is 2. The molecule has 92 valence electrons. The summed E-state index contributed by atoms with van der Waals surface area (Å²) in [6.07, 6.45) is 1.59. The molecule has 0 aliphatic heterocycles. The van der Waals surface area contributed by atoms with Gasteiger partial charge in [-0.15, -0.1) is 0 Å². The Morgan fingerprint density at radius 1 is 1.28 bits per heavy atom. The predicted molar refractivity (Wildman–Crippen MR) is 68.4 cm³/mol. The highest BCUT2D eigenvalue weighted by atomic mass is 35.5. The number of halogens is 1. The Hall–Kier alpha value is -1.94. The molecule has 1 aromatic heterocycles. The second-order valence-electron chi connectivity index (χ2n) is 3.50. The second kappa shape index (κ2) is 5.60. The van der Waals surface area contributed by atoms with Gasteiger partial charge < -0.3 is 4.74 Å². The van der Waals surface area contributed by atoms with Gasteiger partial charge in [0.15, 0.2) is 5.82 Å². The van der Waals surface area contributed by atoms with Crippen LogP contribution in [0.3, 0.4) is 0 Å². The van der Waals surface area contributed by atoms with Crippen LogP contribution in [0.4, 0.5) is 0 Å². The van der Waals surface area contributed by atoms with Crippen LogP contribution in [0.1, 0.15) is 17.3 Å². The Bertz CT molecular complexity index is 555. The third-order valence-corrected chi connectivity index (χ3v) is 2.49. The van der Waals surface area contributed by atoms with Gasteiger partial charge in [-0.05, 0) is 25.1 Å². The van der Waals surface area contributed by atoms with E-state index in [2.05, 4.69) is 9.97 Å². The van der Waals surface area contributed by atoms with Crippen LogP contribution < -0.4 is 0 Å². The molecular formula is C13H11ClN2O2. The van der Waals surface area contributed by atoms with Crippen LogP contribution in [0.2, 0.25) is 5.15 Å². The average molecular weight is 263 g/mol. The summed E-state index contributed by atoms with van der Waals surface area (Å²) >= 11 is 5.79. The van der Waals surface area contributed by atoms with E-state index in [0.29, 0.717) is 23.1 Å². The summed E-state index contributed by atoms with van der Waals surface area (Å²) in [5, 5.41) is 0.384. The summed E-state index contributed by atoms with van der Waals surface area (Å²) < 4.78 is 4.90. The number of hydrogen-bond acceptors (Lipinski definition) is 4. The summed E-state index contributed by atoms with van der Waals surface area (Å²) in [6.45, 7) is 2.13. The lowest BCUT2D eigenvalue weighted by molar-refractivity contribution is 0.0526. The number of esters is 1. The van der Waals surface area contributed by atoms with Gasteiger partial charge in [-0.25, -0.2) is 14.8 Å². The van der Waals surface area contributed by atoms with Crippen molar-refractivity contribution < 1.29 is 9.53 Å². The molecular weight excluding hydrogens is 252 g/mol. The van der Waals surface area contributed by atoms with Gasteiger partial charge in [-0.2, -0.15) is 0 Å². The Labute approximate surface area is 110 Å². The van der Waals surface area contributed by atoms with E-state index in [4.69, 9.17) is 16.3 Å². The number of benzene rings is 1. The average Bonchev–Trinajstić information content (AvgIpc) is 2.39. The van der Waals surface area contributed by atoms with Crippen molar-refractivity contribution in [1.82, 2.24) is 9.97 Å². The monoisotopic (exact) mass is 262 g/mol. The summed E-state index contributed by atoms with van der Waals surface area (Å²) in [5.41, 5.74) is 1.30. The molecule has 0 N–H and O–H groups in total. The SMILES string of the molecule is CCOC(=O)c1ccc(-c2nccc(Cl)n2)cc1. The van der Waals surface area contributed by atoms with Crippen LogP contribution in [0.5, 0.6) is 0 Å². The molecule has 0 atom stereocenters. The van der Waals surface area contributed by atoms with Gasteiger partial charge in [0.1, 0.15) is 5.15 Å². The summed E-state index contributed by atoms with van der Waals surface area (Å²) in [7, 11) is 0. The van der Waals surface area contributed by atoms with E-state index in [0.717, 1.165) is 5.56 Å². The fraction of sp³-hybridized carbons (Fsp3) is 0.154. The maximum atomic E-state index is 11.5. The fourth-order valence-corrected chi connectivity index (χ4v) is 1.58. The normalized spacial score (nSPS) is 10.1. The standard InChI is InChI=1S/C13H11ClN2O2/c1-2-18-13(17)10-5-3-9(4-6-10)12-15-8-7-11(14)16-12/h3-8H,2H2,1H3. The number of hydrogen-bond donors (Lipinski definition) is 0. The second-order valence-corrected chi connectivity index (χ2v) is 3.89. The number of ether oxygens (including phenoxy) is 1. The number of carbonyl (C=O) groups is 1. The highest BCUT2D eigenvalue weighted by Crippen LogP contribution is 2.17. The van der Waals surface area contributed by atoms with Crippen LogP contribution >= 0.6 is 11.6 Å². The van der Waals surface area contributed by atoms with Crippen molar-refractivity contribution in [2.45, 2.75) is 6.92 Å². The molecule has 0 spiro atoms. The first-order valence-corrected chi connectivity index (χ1v) is 5.84. The van der Waals surface area contributed by atoms with Crippen LogP contribution in [0.15, 0.2) is 36.5 Å². The van der Waals surface area contributed by atoms with Crippen molar-refractivity contribution in [3.05, 3.63) is 47.2 Å². The maximum absolute atomic E-state index is 11.5. The lowest BCUT2D eigenvalue weighted by Gasteiger charge is -2.03. The fourth-order valence-electron chi connectivity index (χ4n) is 1.45. The van der Waals surface area contributed by atoms with E-state index in [1.165, 1.54) is 0 Å². The number of rotatable bonds is 3. The molecule has 5 heteroatoms. The topological polar surface area (TPSA) is 52.1 Å². The Morgan fingerprint density at radius 2 is 2.00 bits per heavy atom. The molecule has 0 saturated carbocycles. The third-order valence-electron chi connectivity index (χ3n) is 2.28. The first-order chi connectivity index (χ1) is 8.70. The van der Waals surface area contributed by atoms with E-state index >= 15 is 0 Å². The van der Waals surface area contributed by atoms with Gasteiger partial charge in [0.2, 0.25) is 0 Å². The van der Waals surface area contributed by atoms with Crippen molar-refractivity contribution in [2.24, 2.45) is 0 Å². The van der Waals surface area contributed by atoms with E-state index < -0.39 is 0 Å². The molecule has 2 aromatic rings. The molecule has 1 aromatic carbocycles. The lowest BCUT2D eigenvalue weighted by atomic mass is 10.1. The zero-order valence-corrected chi connectivity index (χ0v) is 10.5. The molecule has 0 bridgehead atoms. The molecule has 0 radical (unpaired) electrons. The molecule has 18 heavy (non-hydrogen) atoms. The Balaban J connectivity index is 2.25. The largest absolute Gasteiger partial charge is 0.462 e. The molecule has 0 fully saturated rings. The van der Waals surface area contributed by atoms with Gasteiger partial charge in [0.25, 0.3) is 0 Å². The van der Waals surface area contributed by atoms with Gasteiger partial charge in [-0.3, -0.25) is 0 Å². The van der Waals surface area contributed by atoms with Crippen LogP contribution in [0, 0.1) is 0 Å². The maximum Gasteiger partial charge on any atom is 0.338 e. The third kappa shape index (κ3) is 2.84. The molecule has 0 aliphatic rings. The van der Waals surface area contributed by atoms with E-state index in [1.54, 1.807) is 43.5 Å². The van der Waals surface area contributed by atoms with Gasteiger partial charge in [0.05, 0.1) is 12.2 Å². The van der Waals surface area contributed by atoms with E-state index in [-0.39, 0.29) is 5.97 Å². The molecule has 0 aliphatic carbocycles. The number of carbonyl (C=O) groups excluding carboxylic acids is 1. The smallest absolute Gasteiger partial charge is 0.338 e.